The van der Waals surface area contributed by atoms with E-state index in [4.69, 9.17) is 4.84 Å². The van der Waals surface area contributed by atoms with E-state index in [2.05, 4.69) is 4.98 Å². The number of aromatic nitrogens is 1. The number of nitrogens with zero attached hydrogens (tertiary/aromatic N) is 2. The Morgan fingerprint density at radius 3 is 2.19 bits per heavy atom. The molecule has 2 aromatic rings. The highest BCUT2D eigenvalue weighted by molar-refractivity contribution is 6.21. The fourth-order valence-electron chi connectivity index (χ4n) is 1.97. The van der Waals surface area contributed by atoms with Gasteiger partial charge in [0.25, 0.3) is 11.8 Å². The maximum absolute atomic E-state index is 12.0. The average Bonchev–Trinajstić information content (AvgIpc) is 2.73. The zero-order valence-electron chi connectivity index (χ0n) is 11.1. The van der Waals surface area contributed by atoms with Crippen LogP contribution in [0.2, 0.25) is 0 Å². The number of imide groups is 1. The Morgan fingerprint density at radius 1 is 1.05 bits per heavy atom. The first-order valence-corrected chi connectivity index (χ1v) is 6.20. The molecule has 0 N–H and O–H groups in total. The SMILES string of the molecule is Cc1ccc(C(=O)ON2C(=O)c3ccccc3C2=O)nc1. The van der Waals surface area contributed by atoms with Crippen LogP contribution in [0.4, 0.5) is 0 Å². The summed E-state index contributed by atoms with van der Waals surface area (Å²) in [5.41, 5.74) is 1.34. The predicted octanol–water partition coefficient (Wildman–Crippen LogP) is 1.76. The van der Waals surface area contributed by atoms with Crippen LogP contribution >= 0.6 is 0 Å². The first-order valence-electron chi connectivity index (χ1n) is 6.20. The molecule has 1 aliphatic rings. The first-order chi connectivity index (χ1) is 10.1. The number of amides is 2. The van der Waals surface area contributed by atoms with Gasteiger partial charge in [0.05, 0.1) is 11.1 Å². The zero-order valence-corrected chi connectivity index (χ0v) is 11.1. The second-order valence-electron chi connectivity index (χ2n) is 4.55. The molecule has 0 saturated carbocycles. The monoisotopic (exact) mass is 282 g/mol. The molecule has 104 valence electrons. The van der Waals surface area contributed by atoms with Crippen molar-refractivity contribution in [3.05, 3.63) is 65.0 Å². The number of rotatable bonds is 2. The second kappa shape index (κ2) is 4.82. The van der Waals surface area contributed by atoms with Crippen LogP contribution in [-0.4, -0.2) is 27.8 Å². The lowest BCUT2D eigenvalue weighted by molar-refractivity contribution is -0.0588. The Kier molecular flexibility index (Phi) is 2.98. The van der Waals surface area contributed by atoms with Gasteiger partial charge in [-0.2, -0.15) is 0 Å². The van der Waals surface area contributed by atoms with E-state index in [9.17, 15) is 14.4 Å². The van der Waals surface area contributed by atoms with E-state index in [-0.39, 0.29) is 16.8 Å². The van der Waals surface area contributed by atoms with Gasteiger partial charge in [0.15, 0.2) is 5.69 Å². The minimum Gasteiger partial charge on any atom is -0.323 e. The van der Waals surface area contributed by atoms with Crippen LogP contribution in [0.15, 0.2) is 42.6 Å². The molecule has 0 saturated heterocycles. The minimum absolute atomic E-state index is 0.0251. The van der Waals surface area contributed by atoms with Crippen molar-refractivity contribution in [3.63, 3.8) is 0 Å². The molecule has 6 heteroatoms. The number of aryl methyl sites for hydroxylation is 1. The number of carbonyl (C=O) groups is 3. The Balaban J connectivity index is 1.84. The van der Waals surface area contributed by atoms with Crippen molar-refractivity contribution in [2.24, 2.45) is 0 Å². The normalized spacial score (nSPS) is 13.3. The molecule has 0 radical (unpaired) electrons. The molecular formula is C15H10N2O4. The van der Waals surface area contributed by atoms with Crippen molar-refractivity contribution in [2.75, 3.05) is 0 Å². The number of hydroxylamine groups is 2. The molecule has 2 heterocycles. The molecule has 0 aliphatic carbocycles. The van der Waals surface area contributed by atoms with E-state index < -0.39 is 17.8 Å². The highest BCUT2D eigenvalue weighted by Gasteiger charge is 2.38. The van der Waals surface area contributed by atoms with Gasteiger partial charge in [0.1, 0.15) is 0 Å². The summed E-state index contributed by atoms with van der Waals surface area (Å²) in [5.74, 6) is -2.17. The Morgan fingerprint density at radius 2 is 1.67 bits per heavy atom. The third-order valence-electron chi connectivity index (χ3n) is 3.05. The van der Waals surface area contributed by atoms with Gasteiger partial charge in [-0.1, -0.05) is 23.3 Å². The van der Waals surface area contributed by atoms with E-state index in [1.165, 1.54) is 24.4 Å². The molecule has 2 amide bonds. The number of hydrogen-bond acceptors (Lipinski definition) is 5. The van der Waals surface area contributed by atoms with Crippen molar-refractivity contribution in [3.8, 4) is 0 Å². The number of hydrogen-bond donors (Lipinski definition) is 0. The Hall–Kier alpha value is -3.02. The lowest BCUT2D eigenvalue weighted by Crippen LogP contribution is -2.32. The standard InChI is InChI=1S/C15H10N2O4/c1-9-6-7-12(16-8-9)15(20)21-17-13(18)10-4-2-3-5-11(10)14(17)19/h2-8H,1H3. The van der Waals surface area contributed by atoms with Crippen LogP contribution in [0.3, 0.4) is 0 Å². The molecule has 0 fully saturated rings. The summed E-state index contributed by atoms with van der Waals surface area (Å²) in [6.07, 6.45) is 1.50. The van der Waals surface area contributed by atoms with Gasteiger partial charge in [-0.15, -0.1) is 0 Å². The summed E-state index contributed by atoms with van der Waals surface area (Å²) in [6.45, 7) is 1.83. The Bertz CT molecular complexity index is 718. The van der Waals surface area contributed by atoms with E-state index in [1.54, 1.807) is 18.2 Å². The third kappa shape index (κ3) is 2.16. The molecule has 0 spiro atoms. The minimum atomic E-state index is -0.857. The summed E-state index contributed by atoms with van der Waals surface area (Å²) in [4.78, 5) is 44.8. The number of pyridine rings is 1. The maximum Gasteiger partial charge on any atom is 0.382 e. The maximum atomic E-state index is 12.0. The van der Waals surface area contributed by atoms with Gasteiger partial charge in [-0.05, 0) is 30.7 Å². The van der Waals surface area contributed by atoms with E-state index >= 15 is 0 Å². The van der Waals surface area contributed by atoms with E-state index in [1.807, 2.05) is 6.92 Å². The summed E-state index contributed by atoms with van der Waals surface area (Å²) in [6, 6.07) is 9.44. The Labute approximate surface area is 119 Å². The molecule has 3 rings (SSSR count). The number of carbonyl (C=O) groups excluding carboxylic acids is 3. The van der Waals surface area contributed by atoms with Crippen LogP contribution in [0.5, 0.6) is 0 Å². The van der Waals surface area contributed by atoms with Crippen molar-refractivity contribution >= 4 is 17.8 Å². The first kappa shape index (κ1) is 13.0. The molecule has 21 heavy (non-hydrogen) atoms. The van der Waals surface area contributed by atoms with Gasteiger partial charge in [-0.25, -0.2) is 9.78 Å². The molecule has 0 bridgehead atoms. The van der Waals surface area contributed by atoms with Crippen LogP contribution in [0.1, 0.15) is 36.8 Å². The van der Waals surface area contributed by atoms with Gasteiger partial charge >= 0.3 is 5.97 Å². The molecule has 1 aliphatic heterocycles. The number of benzene rings is 1. The summed E-state index contributed by atoms with van der Waals surface area (Å²) >= 11 is 0. The molecular weight excluding hydrogens is 272 g/mol. The van der Waals surface area contributed by atoms with E-state index in [0.717, 1.165) is 5.56 Å². The molecule has 6 nitrogen and oxygen atoms in total. The zero-order chi connectivity index (χ0) is 15.0. The topological polar surface area (TPSA) is 76.6 Å². The second-order valence-corrected chi connectivity index (χ2v) is 4.55. The molecule has 1 aromatic carbocycles. The summed E-state index contributed by atoms with van der Waals surface area (Å²) in [5, 5.41) is 0.467. The molecule has 0 unspecified atom stereocenters. The largest absolute Gasteiger partial charge is 0.382 e. The molecule has 0 atom stereocenters. The smallest absolute Gasteiger partial charge is 0.323 e. The quantitative estimate of drug-likeness (QED) is 0.784. The van der Waals surface area contributed by atoms with Crippen molar-refractivity contribution in [2.45, 2.75) is 6.92 Å². The average molecular weight is 282 g/mol. The van der Waals surface area contributed by atoms with Crippen molar-refractivity contribution in [1.29, 1.82) is 0 Å². The highest BCUT2D eigenvalue weighted by atomic mass is 16.7. The lowest BCUT2D eigenvalue weighted by atomic mass is 10.1. The van der Waals surface area contributed by atoms with Crippen LogP contribution in [0, 0.1) is 6.92 Å². The fourth-order valence-corrected chi connectivity index (χ4v) is 1.97. The number of fused-ring (bicyclic) bond motifs is 1. The molecule has 1 aromatic heterocycles. The van der Waals surface area contributed by atoms with Crippen LogP contribution < -0.4 is 0 Å². The van der Waals surface area contributed by atoms with Gasteiger partial charge in [0, 0.05) is 6.20 Å². The summed E-state index contributed by atoms with van der Waals surface area (Å²) in [7, 11) is 0. The fraction of sp³-hybridized carbons (Fsp3) is 0.0667. The lowest BCUT2D eigenvalue weighted by Gasteiger charge is -2.12. The van der Waals surface area contributed by atoms with Crippen LogP contribution in [-0.2, 0) is 4.84 Å². The van der Waals surface area contributed by atoms with Crippen molar-refractivity contribution < 1.29 is 19.2 Å². The third-order valence-corrected chi connectivity index (χ3v) is 3.05. The summed E-state index contributed by atoms with van der Waals surface area (Å²) < 4.78 is 0. The highest BCUT2D eigenvalue weighted by Crippen LogP contribution is 2.23. The van der Waals surface area contributed by atoms with Gasteiger partial charge in [0.2, 0.25) is 0 Å². The van der Waals surface area contributed by atoms with Crippen LogP contribution in [0.25, 0.3) is 0 Å². The van der Waals surface area contributed by atoms with E-state index in [0.29, 0.717) is 5.06 Å². The predicted molar refractivity (Wildman–Crippen MR) is 71.3 cm³/mol. The van der Waals surface area contributed by atoms with Gasteiger partial charge < -0.3 is 4.84 Å². The van der Waals surface area contributed by atoms with Crippen molar-refractivity contribution in [1.82, 2.24) is 10.0 Å². The van der Waals surface area contributed by atoms with Gasteiger partial charge in [-0.3, -0.25) is 9.59 Å².